The lowest BCUT2D eigenvalue weighted by Gasteiger charge is -2.25. The molecule has 0 aliphatic heterocycles. The number of nitrogens with two attached hydrogens (primary N) is 1. The first-order valence-electron chi connectivity index (χ1n) is 6.63. The smallest absolute Gasteiger partial charge is 0.244 e. The van der Waals surface area contributed by atoms with Crippen LogP contribution in [0.25, 0.3) is 0 Å². The minimum atomic E-state index is -3.48. The quantitative estimate of drug-likeness (QED) is 0.780. The standard InChI is InChI=1S/C13H23N3O2S/c1-4-5-6-9-16(11(2)3)19(17,18)12-7-8-13(14)15-10-12/h7-8,10-11H,4-6,9H2,1-3H3,(H2,14,15). The second-order valence-corrected chi connectivity index (χ2v) is 6.73. The van der Waals surface area contributed by atoms with Crippen molar-refractivity contribution in [1.82, 2.24) is 9.29 Å². The Morgan fingerprint density at radius 3 is 2.47 bits per heavy atom. The van der Waals surface area contributed by atoms with E-state index in [2.05, 4.69) is 11.9 Å². The van der Waals surface area contributed by atoms with E-state index in [4.69, 9.17) is 5.73 Å². The van der Waals surface area contributed by atoms with Gasteiger partial charge in [0.25, 0.3) is 0 Å². The molecule has 108 valence electrons. The first-order valence-corrected chi connectivity index (χ1v) is 8.07. The molecular formula is C13H23N3O2S. The number of anilines is 1. The first kappa shape index (κ1) is 15.9. The van der Waals surface area contributed by atoms with Crippen LogP contribution in [0.3, 0.4) is 0 Å². The average molecular weight is 285 g/mol. The Morgan fingerprint density at radius 1 is 1.32 bits per heavy atom. The van der Waals surface area contributed by atoms with Crippen molar-refractivity contribution in [3.63, 3.8) is 0 Å². The summed E-state index contributed by atoms with van der Waals surface area (Å²) in [4.78, 5) is 4.06. The van der Waals surface area contributed by atoms with Crippen molar-refractivity contribution in [3.05, 3.63) is 18.3 Å². The molecule has 0 radical (unpaired) electrons. The van der Waals surface area contributed by atoms with Gasteiger partial charge in [-0.15, -0.1) is 0 Å². The van der Waals surface area contributed by atoms with Crippen molar-refractivity contribution in [1.29, 1.82) is 0 Å². The van der Waals surface area contributed by atoms with Gasteiger partial charge in [-0.2, -0.15) is 4.31 Å². The highest BCUT2D eigenvalue weighted by Crippen LogP contribution is 2.19. The van der Waals surface area contributed by atoms with Gasteiger partial charge in [-0.1, -0.05) is 19.8 Å². The fourth-order valence-corrected chi connectivity index (χ4v) is 3.47. The molecule has 2 N–H and O–H groups in total. The minimum absolute atomic E-state index is 0.0700. The Labute approximate surface area is 115 Å². The number of sulfonamides is 1. The van der Waals surface area contributed by atoms with Crippen LogP contribution >= 0.6 is 0 Å². The van der Waals surface area contributed by atoms with Crippen LogP contribution in [-0.4, -0.2) is 30.3 Å². The Hall–Kier alpha value is -1.14. The Morgan fingerprint density at radius 2 is 2.00 bits per heavy atom. The minimum Gasteiger partial charge on any atom is -0.384 e. The zero-order valence-corrected chi connectivity index (χ0v) is 12.7. The van der Waals surface area contributed by atoms with Gasteiger partial charge in [0.2, 0.25) is 10.0 Å². The fourth-order valence-electron chi connectivity index (χ4n) is 1.85. The van der Waals surface area contributed by atoms with Gasteiger partial charge in [0, 0.05) is 18.8 Å². The van der Waals surface area contributed by atoms with E-state index in [0.717, 1.165) is 19.3 Å². The largest absolute Gasteiger partial charge is 0.384 e. The summed E-state index contributed by atoms with van der Waals surface area (Å²) in [6.07, 6.45) is 4.28. The number of pyridine rings is 1. The summed E-state index contributed by atoms with van der Waals surface area (Å²) in [5.41, 5.74) is 5.48. The SMILES string of the molecule is CCCCCN(C(C)C)S(=O)(=O)c1ccc(N)nc1. The normalized spacial score (nSPS) is 12.3. The molecule has 0 aliphatic rings. The second kappa shape index (κ2) is 6.86. The van der Waals surface area contributed by atoms with E-state index in [0.29, 0.717) is 12.4 Å². The number of aromatic nitrogens is 1. The molecule has 0 amide bonds. The topological polar surface area (TPSA) is 76.3 Å². The Kier molecular flexibility index (Phi) is 5.75. The van der Waals surface area contributed by atoms with Gasteiger partial charge in [0.05, 0.1) is 0 Å². The highest BCUT2D eigenvalue weighted by Gasteiger charge is 2.26. The van der Waals surface area contributed by atoms with Crippen molar-refractivity contribution >= 4 is 15.8 Å². The van der Waals surface area contributed by atoms with Gasteiger partial charge in [-0.3, -0.25) is 0 Å². The van der Waals surface area contributed by atoms with E-state index >= 15 is 0 Å². The maximum absolute atomic E-state index is 12.5. The molecule has 1 aromatic heterocycles. The molecule has 0 spiro atoms. The molecule has 0 unspecified atom stereocenters. The summed E-state index contributed by atoms with van der Waals surface area (Å²) in [6.45, 7) is 6.40. The molecule has 0 saturated carbocycles. The van der Waals surface area contributed by atoms with Crippen molar-refractivity contribution in [2.24, 2.45) is 0 Å². The Bertz CT molecular complexity index is 483. The highest BCUT2D eigenvalue weighted by molar-refractivity contribution is 7.89. The number of unbranched alkanes of at least 4 members (excludes halogenated alkanes) is 2. The predicted molar refractivity (Wildman–Crippen MR) is 77.2 cm³/mol. The van der Waals surface area contributed by atoms with Gasteiger partial charge in [-0.05, 0) is 32.4 Å². The predicted octanol–water partition coefficient (Wildman–Crippen LogP) is 2.25. The van der Waals surface area contributed by atoms with Crippen molar-refractivity contribution in [2.75, 3.05) is 12.3 Å². The van der Waals surface area contributed by atoms with Crippen LogP contribution < -0.4 is 5.73 Å². The van der Waals surface area contributed by atoms with Crippen molar-refractivity contribution in [3.8, 4) is 0 Å². The summed E-state index contributed by atoms with van der Waals surface area (Å²) in [5.74, 6) is 0.320. The molecular weight excluding hydrogens is 262 g/mol. The van der Waals surface area contributed by atoms with Gasteiger partial charge < -0.3 is 5.73 Å². The molecule has 1 heterocycles. The summed E-state index contributed by atoms with van der Waals surface area (Å²) in [5, 5.41) is 0. The van der Waals surface area contributed by atoms with Crippen LogP contribution in [0.1, 0.15) is 40.0 Å². The van der Waals surface area contributed by atoms with Gasteiger partial charge >= 0.3 is 0 Å². The zero-order valence-electron chi connectivity index (χ0n) is 11.8. The molecule has 0 aromatic carbocycles. The van der Waals surface area contributed by atoms with E-state index in [9.17, 15) is 8.42 Å². The van der Waals surface area contributed by atoms with Crippen LogP contribution in [0.15, 0.2) is 23.2 Å². The molecule has 1 aromatic rings. The molecule has 6 heteroatoms. The van der Waals surface area contributed by atoms with Crippen LogP contribution in [-0.2, 0) is 10.0 Å². The van der Waals surface area contributed by atoms with Crippen LogP contribution in [0, 0.1) is 0 Å². The lowest BCUT2D eigenvalue weighted by molar-refractivity contribution is 0.345. The molecule has 0 saturated heterocycles. The van der Waals surface area contributed by atoms with E-state index in [1.165, 1.54) is 22.6 Å². The summed E-state index contributed by atoms with van der Waals surface area (Å²) >= 11 is 0. The molecule has 0 aliphatic carbocycles. The maximum Gasteiger partial charge on any atom is 0.244 e. The van der Waals surface area contributed by atoms with E-state index in [1.54, 1.807) is 0 Å². The number of nitrogen functional groups attached to an aromatic ring is 1. The van der Waals surface area contributed by atoms with Crippen molar-refractivity contribution in [2.45, 2.75) is 51.0 Å². The number of hydrogen-bond donors (Lipinski definition) is 1. The van der Waals surface area contributed by atoms with Gasteiger partial charge in [0.1, 0.15) is 10.7 Å². The third kappa shape index (κ3) is 4.18. The molecule has 0 bridgehead atoms. The van der Waals surface area contributed by atoms with Crippen LogP contribution in [0.5, 0.6) is 0 Å². The summed E-state index contributed by atoms with van der Waals surface area (Å²) in [6, 6.07) is 2.95. The lowest BCUT2D eigenvalue weighted by Crippen LogP contribution is -2.37. The highest BCUT2D eigenvalue weighted by atomic mass is 32.2. The Balaban J connectivity index is 2.96. The number of nitrogens with zero attached hydrogens (tertiary/aromatic N) is 2. The van der Waals surface area contributed by atoms with Crippen LogP contribution in [0.4, 0.5) is 5.82 Å². The lowest BCUT2D eigenvalue weighted by atomic mass is 10.2. The average Bonchev–Trinajstić information content (AvgIpc) is 2.34. The molecule has 1 rings (SSSR count). The van der Waals surface area contributed by atoms with Crippen molar-refractivity contribution < 1.29 is 8.42 Å². The molecule has 19 heavy (non-hydrogen) atoms. The monoisotopic (exact) mass is 285 g/mol. The third-order valence-corrected chi connectivity index (χ3v) is 4.98. The molecule has 5 nitrogen and oxygen atoms in total. The summed E-state index contributed by atoms with van der Waals surface area (Å²) in [7, 11) is -3.48. The van der Waals surface area contributed by atoms with Gasteiger partial charge in [-0.25, -0.2) is 13.4 Å². The number of rotatable bonds is 7. The van der Waals surface area contributed by atoms with E-state index < -0.39 is 10.0 Å². The van der Waals surface area contributed by atoms with E-state index in [1.807, 2.05) is 13.8 Å². The van der Waals surface area contributed by atoms with Crippen LogP contribution in [0.2, 0.25) is 0 Å². The second-order valence-electron chi connectivity index (χ2n) is 4.84. The first-order chi connectivity index (χ1) is 8.89. The molecule has 0 atom stereocenters. The zero-order chi connectivity index (χ0) is 14.5. The number of hydrogen-bond acceptors (Lipinski definition) is 4. The molecule has 0 fully saturated rings. The summed E-state index contributed by atoms with van der Waals surface area (Å²) < 4.78 is 26.6. The third-order valence-electron chi connectivity index (χ3n) is 2.92. The maximum atomic E-state index is 12.5. The fraction of sp³-hybridized carbons (Fsp3) is 0.615. The van der Waals surface area contributed by atoms with Gasteiger partial charge in [0.15, 0.2) is 0 Å². The van der Waals surface area contributed by atoms with E-state index in [-0.39, 0.29) is 10.9 Å².